The van der Waals surface area contributed by atoms with E-state index < -0.39 is 0 Å². The van der Waals surface area contributed by atoms with Crippen LogP contribution in [0.3, 0.4) is 0 Å². The van der Waals surface area contributed by atoms with Crippen LogP contribution in [0.1, 0.15) is 26.0 Å². The molecule has 0 aliphatic rings. The summed E-state index contributed by atoms with van der Waals surface area (Å²) in [5.41, 5.74) is 1.82. The number of nitrogens with one attached hydrogen (secondary N) is 1. The molecule has 0 bridgehead atoms. The highest BCUT2D eigenvalue weighted by atomic mass is 19.1. The first-order valence-electron chi connectivity index (χ1n) is 7.26. The van der Waals surface area contributed by atoms with E-state index in [2.05, 4.69) is 22.2 Å². The molecule has 112 valence electrons. The summed E-state index contributed by atoms with van der Waals surface area (Å²) in [5.74, 6) is 1.21. The van der Waals surface area contributed by atoms with Crippen molar-refractivity contribution in [2.75, 3.05) is 23.3 Å². The Labute approximate surface area is 125 Å². The average Bonchev–Trinajstić information content (AvgIpc) is 2.47. The van der Waals surface area contributed by atoms with E-state index in [4.69, 9.17) is 0 Å². The van der Waals surface area contributed by atoms with Gasteiger partial charge in [-0.05, 0) is 44.5 Å². The van der Waals surface area contributed by atoms with Gasteiger partial charge in [0.2, 0.25) is 5.95 Å². The number of hydrogen-bond donors (Lipinski definition) is 1. The van der Waals surface area contributed by atoms with Crippen LogP contribution in [-0.2, 0) is 0 Å². The molecule has 0 atom stereocenters. The average molecular weight is 288 g/mol. The van der Waals surface area contributed by atoms with E-state index in [1.165, 1.54) is 12.1 Å². The molecular formula is C16H21FN4. The van der Waals surface area contributed by atoms with Crippen molar-refractivity contribution in [1.82, 2.24) is 9.97 Å². The Kier molecular flexibility index (Phi) is 5.09. The van der Waals surface area contributed by atoms with Crippen molar-refractivity contribution in [1.29, 1.82) is 0 Å². The summed E-state index contributed by atoms with van der Waals surface area (Å²) in [6.07, 6.45) is 1.02. The maximum absolute atomic E-state index is 13.1. The van der Waals surface area contributed by atoms with Crippen molar-refractivity contribution in [2.24, 2.45) is 0 Å². The quantitative estimate of drug-likeness (QED) is 0.875. The molecule has 0 aliphatic carbocycles. The normalized spacial score (nSPS) is 10.5. The molecule has 0 unspecified atom stereocenters. The van der Waals surface area contributed by atoms with E-state index in [0.717, 1.165) is 36.7 Å². The summed E-state index contributed by atoms with van der Waals surface area (Å²) in [6.45, 7) is 7.67. The number of anilines is 3. The Morgan fingerprint density at radius 2 is 1.86 bits per heavy atom. The van der Waals surface area contributed by atoms with Crippen LogP contribution in [0.4, 0.5) is 21.8 Å². The monoisotopic (exact) mass is 288 g/mol. The van der Waals surface area contributed by atoms with E-state index in [9.17, 15) is 4.39 Å². The van der Waals surface area contributed by atoms with Gasteiger partial charge in [-0.1, -0.05) is 6.92 Å². The van der Waals surface area contributed by atoms with Gasteiger partial charge in [-0.3, -0.25) is 0 Å². The first kappa shape index (κ1) is 15.2. The Balaban J connectivity index is 2.32. The minimum absolute atomic E-state index is 0.237. The topological polar surface area (TPSA) is 41.1 Å². The fraction of sp³-hybridized carbons (Fsp3) is 0.375. The van der Waals surface area contributed by atoms with Gasteiger partial charge in [0.05, 0.1) is 0 Å². The minimum atomic E-state index is -0.237. The largest absolute Gasteiger partial charge is 0.354 e. The lowest BCUT2D eigenvalue weighted by atomic mass is 10.2. The summed E-state index contributed by atoms with van der Waals surface area (Å²) in [5, 5.41) is 3.21. The molecule has 2 aromatic rings. The molecular weight excluding hydrogens is 267 g/mol. The number of aryl methyl sites for hydroxylation is 1. The number of halogens is 1. The highest BCUT2D eigenvalue weighted by Crippen LogP contribution is 2.24. The number of aromatic nitrogens is 2. The van der Waals surface area contributed by atoms with E-state index in [-0.39, 0.29) is 5.82 Å². The second-order valence-corrected chi connectivity index (χ2v) is 4.84. The number of hydrogen-bond acceptors (Lipinski definition) is 4. The van der Waals surface area contributed by atoms with Crippen molar-refractivity contribution in [3.63, 3.8) is 0 Å². The lowest BCUT2D eigenvalue weighted by Gasteiger charge is -2.23. The van der Waals surface area contributed by atoms with Crippen molar-refractivity contribution < 1.29 is 4.39 Å². The molecule has 5 heteroatoms. The Morgan fingerprint density at radius 1 is 1.14 bits per heavy atom. The Bertz CT molecular complexity index is 583. The molecule has 2 rings (SSSR count). The molecule has 1 aromatic heterocycles. The molecule has 4 nitrogen and oxygen atoms in total. The highest BCUT2D eigenvalue weighted by Gasteiger charge is 2.11. The zero-order valence-electron chi connectivity index (χ0n) is 12.7. The molecule has 0 fully saturated rings. The van der Waals surface area contributed by atoms with Gasteiger partial charge in [0.1, 0.15) is 11.6 Å². The lowest BCUT2D eigenvalue weighted by molar-refractivity contribution is 0.627. The summed E-state index contributed by atoms with van der Waals surface area (Å²) >= 11 is 0. The fourth-order valence-corrected chi connectivity index (χ4v) is 2.10. The number of rotatable bonds is 6. The van der Waals surface area contributed by atoms with Gasteiger partial charge in [0.25, 0.3) is 0 Å². The molecule has 0 saturated heterocycles. The van der Waals surface area contributed by atoms with Crippen molar-refractivity contribution in [2.45, 2.75) is 27.2 Å². The van der Waals surface area contributed by atoms with Crippen LogP contribution in [0.2, 0.25) is 0 Å². The summed E-state index contributed by atoms with van der Waals surface area (Å²) in [6, 6.07) is 8.37. The van der Waals surface area contributed by atoms with E-state index in [0.29, 0.717) is 5.95 Å². The van der Waals surface area contributed by atoms with Gasteiger partial charge < -0.3 is 10.2 Å². The van der Waals surface area contributed by atoms with E-state index in [1.54, 1.807) is 12.1 Å². The van der Waals surface area contributed by atoms with Gasteiger partial charge >= 0.3 is 0 Å². The number of benzene rings is 1. The Morgan fingerprint density at radius 3 is 2.48 bits per heavy atom. The van der Waals surface area contributed by atoms with Gasteiger partial charge in [-0.25, -0.2) is 9.37 Å². The summed E-state index contributed by atoms with van der Waals surface area (Å²) < 4.78 is 13.1. The van der Waals surface area contributed by atoms with Gasteiger partial charge in [-0.15, -0.1) is 0 Å². The third-order valence-electron chi connectivity index (χ3n) is 3.10. The first-order valence-corrected chi connectivity index (χ1v) is 7.26. The third-order valence-corrected chi connectivity index (χ3v) is 3.10. The summed E-state index contributed by atoms with van der Waals surface area (Å²) in [7, 11) is 0. The molecule has 0 aliphatic heterocycles. The second-order valence-electron chi connectivity index (χ2n) is 4.84. The predicted molar refractivity (Wildman–Crippen MR) is 84.6 cm³/mol. The van der Waals surface area contributed by atoms with Crippen LogP contribution in [0, 0.1) is 12.7 Å². The first-order chi connectivity index (χ1) is 10.1. The van der Waals surface area contributed by atoms with Crippen molar-refractivity contribution in [3.05, 3.63) is 41.8 Å². The molecule has 1 N–H and O–H groups in total. The molecule has 0 saturated carbocycles. The van der Waals surface area contributed by atoms with Gasteiger partial charge in [0.15, 0.2) is 0 Å². The van der Waals surface area contributed by atoms with Crippen molar-refractivity contribution in [3.8, 4) is 0 Å². The number of nitrogens with zero attached hydrogens (tertiary/aromatic N) is 3. The molecule has 1 heterocycles. The zero-order chi connectivity index (χ0) is 15.2. The van der Waals surface area contributed by atoms with Gasteiger partial charge in [0, 0.05) is 30.5 Å². The van der Waals surface area contributed by atoms with E-state index in [1.807, 2.05) is 24.8 Å². The Hall–Kier alpha value is -2.17. The van der Waals surface area contributed by atoms with Gasteiger partial charge in [-0.2, -0.15) is 4.98 Å². The summed E-state index contributed by atoms with van der Waals surface area (Å²) in [4.78, 5) is 11.0. The maximum Gasteiger partial charge on any atom is 0.224 e. The predicted octanol–water partition coefficient (Wildman–Crippen LogP) is 3.90. The molecule has 0 radical (unpaired) electrons. The fourth-order valence-electron chi connectivity index (χ4n) is 2.10. The maximum atomic E-state index is 13.1. The second kappa shape index (κ2) is 7.02. The SMILES string of the molecule is CCCNc1nc(C)cc(N(CC)c2ccc(F)cc2)n1. The zero-order valence-corrected chi connectivity index (χ0v) is 12.7. The van der Waals surface area contributed by atoms with Crippen LogP contribution in [0.5, 0.6) is 0 Å². The molecule has 1 aromatic carbocycles. The van der Waals surface area contributed by atoms with Crippen molar-refractivity contribution >= 4 is 17.5 Å². The highest BCUT2D eigenvalue weighted by molar-refractivity contribution is 5.61. The third kappa shape index (κ3) is 3.90. The molecule has 0 spiro atoms. The van der Waals surface area contributed by atoms with Crippen LogP contribution in [0.15, 0.2) is 30.3 Å². The van der Waals surface area contributed by atoms with Crippen LogP contribution in [0.25, 0.3) is 0 Å². The standard InChI is InChI=1S/C16H21FN4/c1-4-10-18-16-19-12(3)11-15(20-16)21(5-2)14-8-6-13(17)7-9-14/h6-9,11H,4-5,10H2,1-3H3,(H,18,19,20). The minimum Gasteiger partial charge on any atom is -0.354 e. The van der Waals surface area contributed by atoms with Crippen LogP contribution >= 0.6 is 0 Å². The smallest absolute Gasteiger partial charge is 0.224 e. The van der Waals surface area contributed by atoms with Crippen LogP contribution < -0.4 is 10.2 Å². The molecule has 21 heavy (non-hydrogen) atoms. The van der Waals surface area contributed by atoms with Crippen LogP contribution in [-0.4, -0.2) is 23.1 Å². The lowest BCUT2D eigenvalue weighted by Crippen LogP contribution is -2.19. The van der Waals surface area contributed by atoms with E-state index >= 15 is 0 Å². The molecule has 0 amide bonds.